The summed E-state index contributed by atoms with van der Waals surface area (Å²) in [6.07, 6.45) is 1.63. The number of ether oxygens (including phenoxy) is 1. The Labute approximate surface area is 97.8 Å². The minimum Gasteiger partial charge on any atom is -0.543 e. The van der Waals surface area contributed by atoms with E-state index in [1.54, 1.807) is 20.8 Å². The number of carbonyl (C=O) groups is 2. The van der Waals surface area contributed by atoms with Crippen molar-refractivity contribution in [2.45, 2.75) is 26.4 Å². The highest BCUT2D eigenvalue weighted by atomic mass is 16.6. The predicted molar refractivity (Wildman–Crippen MR) is 56.2 cm³/mol. The average Bonchev–Trinajstić information content (AvgIpc) is 2.14. The lowest BCUT2D eigenvalue weighted by molar-refractivity contribution is -0.255. The van der Waals surface area contributed by atoms with E-state index < -0.39 is 23.4 Å². The van der Waals surface area contributed by atoms with Crippen molar-refractivity contribution < 1.29 is 19.4 Å². The number of rotatable bonds is 2. The van der Waals surface area contributed by atoms with Gasteiger partial charge in [-0.2, -0.15) is 0 Å². The fourth-order valence-corrected chi connectivity index (χ4v) is 0.979. The number of nitrogens with one attached hydrogen (secondary N) is 1. The van der Waals surface area contributed by atoms with Gasteiger partial charge in [-0.3, -0.25) is 5.32 Å². The van der Waals surface area contributed by atoms with E-state index in [2.05, 4.69) is 15.3 Å². The summed E-state index contributed by atoms with van der Waals surface area (Å²) in [5, 5.41) is 12.9. The Morgan fingerprint density at radius 1 is 1.29 bits per heavy atom. The van der Waals surface area contributed by atoms with Gasteiger partial charge in [-0.25, -0.2) is 14.8 Å². The molecule has 1 heterocycles. The number of aromatic carboxylic acids is 1. The molecule has 1 amide bonds. The maximum Gasteiger partial charge on any atom is 0.413 e. The van der Waals surface area contributed by atoms with Crippen LogP contribution in [0.2, 0.25) is 0 Å². The van der Waals surface area contributed by atoms with Crippen LogP contribution in [0.5, 0.6) is 0 Å². The van der Waals surface area contributed by atoms with Crippen molar-refractivity contribution in [1.82, 2.24) is 9.97 Å². The summed E-state index contributed by atoms with van der Waals surface area (Å²) in [6, 6.07) is 0. The summed E-state index contributed by atoms with van der Waals surface area (Å²) in [6.45, 7) is 5.05. The number of anilines is 1. The van der Waals surface area contributed by atoms with Crippen LogP contribution >= 0.6 is 0 Å². The van der Waals surface area contributed by atoms with E-state index in [-0.39, 0.29) is 5.82 Å². The molecule has 92 valence electrons. The molecule has 17 heavy (non-hydrogen) atoms. The lowest BCUT2D eigenvalue weighted by Crippen LogP contribution is -2.30. The number of aromatic nitrogens is 2. The van der Waals surface area contributed by atoms with Crippen molar-refractivity contribution in [3.05, 3.63) is 18.1 Å². The molecule has 0 atom stereocenters. The van der Waals surface area contributed by atoms with E-state index in [4.69, 9.17) is 4.74 Å². The van der Waals surface area contributed by atoms with Gasteiger partial charge in [0.15, 0.2) is 5.82 Å². The third-order valence-corrected chi connectivity index (χ3v) is 1.51. The van der Waals surface area contributed by atoms with Crippen LogP contribution in [0.4, 0.5) is 10.6 Å². The molecule has 0 unspecified atom stereocenters. The predicted octanol–water partition coefficient (Wildman–Crippen LogP) is 0.187. The molecule has 0 bridgehead atoms. The normalized spacial score (nSPS) is 10.8. The number of carboxylic acid groups (broad SMARTS) is 1. The van der Waals surface area contributed by atoms with Crippen LogP contribution in [0.1, 0.15) is 31.3 Å². The molecule has 0 saturated carbocycles. The summed E-state index contributed by atoms with van der Waals surface area (Å²) < 4.78 is 4.95. The van der Waals surface area contributed by atoms with Crippen LogP contribution in [-0.4, -0.2) is 27.6 Å². The van der Waals surface area contributed by atoms with Gasteiger partial charge in [0.2, 0.25) is 0 Å². The molecule has 0 fully saturated rings. The SMILES string of the molecule is CC(C)(C)OC(=O)Nc1nccnc1C(=O)[O-]. The van der Waals surface area contributed by atoms with Gasteiger partial charge in [0.25, 0.3) is 0 Å². The van der Waals surface area contributed by atoms with Crippen molar-refractivity contribution in [2.24, 2.45) is 0 Å². The van der Waals surface area contributed by atoms with Gasteiger partial charge in [0, 0.05) is 12.4 Å². The number of hydrogen-bond acceptors (Lipinski definition) is 6. The van der Waals surface area contributed by atoms with Crippen LogP contribution in [0, 0.1) is 0 Å². The standard InChI is InChI=1S/C10H13N3O4/c1-10(2,3)17-9(16)13-7-6(8(14)15)11-4-5-12-7/h4-5H,1-3H3,(H,14,15)(H,12,13,16)/p-1. The van der Waals surface area contributed by atoms with Crippen LogP contribution in [0.25, 0.3) is 0 Å². The summed E-state index contributed by atoms with van der Waals surface area (Å²) in [5.74, 6) is -1.73. The van der Waals surface area contributed by atoms with Crippen LogP contribution in [0.15, 0.2) is 12.4 Å². The molecule has 7 nitrogen and oxygen atoms in total. The first-order valence-electron chi connectivity index (χ1n) is 4.82. The topological polar surface area (TPSA) is 104 Å². The molecule has 0 aliphatic heterocycles. The van der Waals surface area contributed by atoms with Crippen molar-refractivity contribution in [3.63, 3.8) is 0 Å². The Hall–Kier alpha value is -2.18. The first kappa shape index (κ1) is 12.9. The molecule has 1 aromatic heterocycles. The van der Waals surface area contributed by atoms with E-state index in [1.807, 2.05) is 0 Å². The summed E-state index contributed by atoms with van der Waals surface area (Å²) >= 11 is 0. The highest BCUT2D eigenvalue weighted by Gasteiger charge is 2.18. The number of carbonyl (C=O) groups excluding carboxylic acids is 2. The lowest BCUT2D eigenvalue weighted by Gasteiger charge is -2.19. The molecule has 0 aromatic carbocycles. The second-order valence-corrected chi connectivity index (χ2v) is 4.17. The van der Waals surface area contributed by atoms with Crippen molar-refractivity contribution in [2.75, 3.05) is 5.32 Å². The molecule has 0 spiro atoms. The molecule has 0 aliphatic carbocycles. The summed E-state index contributed by atoms with van der Waals surface area (Å²) in [4.78, 5) is 29.3. The largest absolute Gasteiger partial charge is 0.543 e. The van der Waals surface area contributed by atoms with Gasteiger partial charge in [0.1, 0.15) is 11.3 Å². The lowest BCUT2D eigenvalue weighted by atomic mass is 10.2. The highest BCUT2D eigenvalue weighted by Crippen LogP contribution is 2.11. The van der Waals surface area contributed by atoms with Crippen LogP contribution in [0.3, 0.4) is 0 Å². The molecular weight excluding hydrogens is 226 g/mol. The summed E-state index contributed by atoms with van der Waals surface area (Å²) in [5.41, 5.74) is -1.13. The fraction of sp³-hybridized carbons (Fsp3) is 0.400. The molecular formula is C10H12N3O4-. The zero-order valence-corrected chi connectivity index (χ0v) is 9.68. The third-order valence-electron chi connectivity index (χ3n) is 1.51. The molecule has 7 heteroatoms. The third kappa shape index (κ3) is 4.06. The zero-order chi connectivity index (χ0) is 13.1. The Morgan fingerprint density at radius 3 is 2.41 bits per heavy atom. The Bertz CT molecular complexity index is 439. The fourth-order valence-electron chi connectivity index (χ4n) is 0.979. The quantitative estimate of drug-likeness (QED) is 0.788. The maximum absolute atomic E-state index is 11.4. The summed E-state index contributed by atoms with van der Waals surface area (Å²) in [7, 11) is 0. The smallest absolute Gasteiger partial charge is 0.413 e. The van der Waals surface area contributed by atoms with Gasteiger partial charge in [0.05, 0.1) is 5.97 Å². The molecule has 1 rings (SSSR count). The van der Waals surface area contributed by atoms with Crippen molar-refractivity contribution >= 4 is 17.9 Å². The molecule has 1 N–H and O–H groups in total. The minimum absolute atomic E-state index is 0.207. The molecule has 0 aliphatic rings. The average molecular weight is 238 g/mol. The maximum atomic E-state index is 11.4. The first-order valence-corrected chi connectivity index (χ1v) is 4.82. The van der Waals surface area contributed by atoms with E-state index >= 15 is 0 Å². The zero-order valence-electron chi connectivity index (χ0n) is 9.68. The van der Waals surface area contributed by atoms with Crippen LogP contribution in [-0.2, 0) is 4.74 Å². The van der Waals surface area contributed by atoms with E-state index in [0.717, 1.165) is 0 Å². The monoisotopic (exact) mass is 238 g/mol. The van der Waals surface area contributed by atoms with Gasteiger partial charge >= 0.3 is 6.09 Å². The minimum atomic E-state index is -1.52. The van der Waals surface area contributed by atoms with E-state index in [0.29, 0.717) is 0 Å². The van der Waals surface area contributed by atoms with Gasteiger partial charge in [-0.15, -0.1) is 0 Å². The second kappa shape index (κ2) is 4.77. The van der Waals surface area contributed by atoms with E-state index in [9.17, 15) is 14.7 Å². The molecule has 0 radical (unpaired) electrons. The van der Waals surface area contributed by atoms with Gasteiger partial charge in [-0.1, -0.05) is 0 Å². The molecule has 1 aromatic rings. The molecule has 0 saturated heterocycles. The Balaban J connectivity index is 2.82. The van der Waals surface area contributed by atoms with Gasteiger partial charge < -0.3 is 14.6 Å². The van der Waals surface area contributed by atoms with Crippen molar-refractivity contribution in [3.8, 4) is 0 Å². The van der Waals surface area contributed by atoms with E-state index in [1.165, 1.54) is 12.4 Å². The van der Waals surface area contributed by atoms with Gasteiger partial charge in [-0.05, 0) is 20.8 Å². The first-order chi connectivity index (χ1) is 7.79. The second-order valence-electron chi connectivity index (χ2n) is 4.17. The Morgan fingerprint density at radius 2 is 1.88 bits per heavy atom. The number of amides is 1. The van der Waals surface area contributed by atoms with Crippen LogP contribution < -0.4 is 10.4 Å². The number of carboxylic acids is 1. The number of nitrogens with zero attached hydrogens (tertiary/aromatic N) is 2. The number of hydrogen-bond donors (Lipinski definition) is 1. The Kier molecular flexibility index (Phi) is 3.62. The van der Waals surface area contributed by atoms with Crippen molar-refractivity contribution in [1.29, 1.82) is 0 Å². The highest BCUT2D eigenvalue weighted by molar-refractivity contribution is 5.94.